The minimum atomic E-state index is 0.206. The van der Waals surface area contributed by atoms with Crippen LogP contribution in [0.25, 0.3) is 0 Å². The fourth-order valence-electron chi connectivity index (χ4n) is 2.77. The van der Waals surface area contributed by atoms with Gasteiger partial charge in [0.25, 0.3) is 0 Å². The van der Waals surface area contributed by atoms with Crippen molar-refractivity contribution in [3.05, 3.63) is 33.8 Å². The van der Waals surface area contributed by atoms with Gasteiger partial charge in [0.2, 0.25) is 0 Å². The van der Waals surface area contributed by atoms with E-state index in [1.807, 2.05) is 0 Å². The average molecular weight is 328 g/mol. The maximum absolute atomic E-state index is 9.08. The number of aryl methyl sites for hydroxylation is 1. The molecule has 1 aromatic rings. The van der Waals surface area contributed by atoms with Crippen LogP contribution in [-0.2, 0) is 17.6 Å². The first-order chi connectivity index (χ1) is 9.22. The third kappa shape index (κ3) is 4.28. The van der Waals surface area contributed by atoms with Crippen LogP contribution in [0.4, 0.5) is 0 Å². The normalized spacial score (nSPS) is 20.1. The van der Waals surface area contributed by atoms with Gasteiger partial charge in [-0.2, -0.15) is 0 Å². The molecule has 1 aromatic carbocycles. The molecule has 0 heterocycles. The van der Waals surface area contributed by atoms with Crippen LogP contribution in [0.1, 0.15) is 24.0 Å². The lowest BCUT2D eigenvalue weighted by molar-refractivity contribution is 0.141. The van der Waals surface area contributed by atoms with Crippen molar-refractivity contribution in [2.45, 2.75) is 37.8 Å². The highest BCUT2D eigenvalue weighted by Crippen LogP contribution is 2.25. The van der Waals surface area contributed by atoms with Crippen LogP contribution < -0.4 is 5.32 Å². The minimum Gasteiger partial charge on any atom is -0.396 e. The molecule has 0 aliphatic heterocycles. The van der Waals surface area contributed by atoms with E-state index in [2.05, 4.69) is 39.4 Å². The fourth-order valence-corrected chi connectivity index (χ4v) is 3.18. The van der Waals surface area contributed by atoms with E-state index in [0.29, 0.717) is 12.6 Å². The van der Waals surface area contributed by atoms with E-state index in [1.165, 1.54) is 11.1 Å². The van der Waals surface area contributed by atoms with Gasteiger partial charge in [-0.25, -0.2) is 0 Å². The Hall–Kier alpha value is -0.420. The van der Waals surface area contributed by atoms with Crippen LogP contribution in [0.3, 0.4) is 0 Å². The van der Waals surface area contributed by atoms with Gasteiger partial charge in [0, 0.05) is 30.3 Å². The first-order valence-electron chi connectivity index (χ1n) is 6.86. The molecule has 19 heavy (non-hydrogen) atoms. The summed E-state index contributed by atoms with van der Waals surface area (Å²) in [5.41, 5.74) is 2.89. The lowest BCUT2D eigenvalue weighted by atomic mass is 9.88. The molecule has 0 radical (unpaired) electrons. The van der Waals surface area contributed by atoms with Gasteiger partial charge in [0.15, 0.2) is 0 Å². The van der Waals surface area contributed by atoms with E-state index < -0.39 is 0 Å². The number of fused-ring (bicyclic) bond motifs is 1. The molecule has 1 aliphatic rings. The number of nitrogens with one attached hydrogen (secondary N) is 1. The van der Waals surface area contributed by atoms with Crippen LogP contribution >= 0.6 is 15.9 Å². The van der Waals surface area contributed by atoms with Crippen molar-refractivity contribution >= 4 is 15.9 Å². The van der Waals surface area contributed by atoms with E-state index >= 15 is 0 Å². The number of rotatable bonds is 6. The van der Waals surface area contributed by atoms with Crippen molar-refractivity contribution in [1.29, 1.82) is 0 Å². The highest BCUT2D eigenvalue weighted by atomic mass is 79.9. The lowest BCUT2D eigenvalue weighted by Gasteiger charge is -2.29. The summed E-state index contributed by atoms with van der Waals surface area (Å²) in [6.07, 6.45) is 4.08. The number of hydrogen-bond acceptors (Lipinski definition) is 3. The molecule has 0 amide bonds. The van der Waals surface area contributed by atoms with Gasteiger partial charge in [0.1, 0.15) is 0 Å². The fraction of sp³-hybridized carbons (Fsp3) is 0.600. The molecular formula is C15H22BrNO2. The highest BCUT2D eigenvalue weighted by molar-refractivity contribution is 9.10. The summed E-state index contributed by atoms with van der Waals surface area (Å²) >= 11 is 3.53. The Bertz CT molecular complexity index is 405. The van der Waals surface area contributed by atoms with E-state index in [-0.39, 0.29) is 12.6 Å². The largest absolute Gasteiger partial charge is 0.396 e. The highest BCUT2D eigenvalue weighted by Gasteiger charge is 2.21. The number of aliphatic hydroxyl groups is 1. The third-order valence-corrected chi connectivity index (χ3v) is 4.21. The molecule has 0 aromatic heterocycles. The molecule has 2 atom stereocenters. The summed E-state index contributed by atoms with van der Waals surface area (Å²) in [5.74, 6) is 0. The third-order valence-electron chi connectivity index (χ3n) is 3.71. The first kappa shape index (κ1) is 15.0. The van der Waals surface area contributed by atoms with Gasteiger partial charge < -0.3 is 15.2 Å². The zero-order valence-electron chi connectivity index (χ0n) is 11.4. The molecule has 2 N–H and O–H groups in total. The van der Waals surface area contributed by atoms with Crippen LogP contribution in [-0.4, -0.2) is 37.5 Å². The molecule has 0 saturated heterocycles. The van der Waals surface area contributed by atoms with Gasteiger partial charge in [-0.1, -0.05) is 22.0 Å². The summed E-state index contributed by atoms with van der Waals surface area (Å²) in [5, 5.41) is 12.7. The Morgan fingerprint density at radius 3 is 3.05 bits per heavy atom. The van der Waals surface area contributed by atoms with Crippen LogP contribution in [0.5, 0.6) is 0 Å². The number of benzene rings is 1. The molecule has 0 fully saturated rings. The van der Waals surface area contributed by atoms with E-state index in [1.54, 1.807) is 7.11 Å². The van der Waals surface area contributed by atoms with Gasteiger partial charge in [-0.15, -0.1) is 0 Å². The van der Waals surface area contributed by atoms with Crippen LogP contribution in [0.2, 0.25) is 0 Å². The maximum atomic E-state index is 9.08. The van der Waals surface area contributed by atoms with Gasteiger partial charge in [0.05, 0.1) is 6.61 Å². The van der Waals surface area contributed by atoms with Crippen molar-refractivity contribution in [1.82, 2.24) is 5.32 Å². The molecule has 1 aliphatic carbocycles. The second kappa shape index (κ2) is 7.39. The zero-order chi connectivity index (χ0) is 13.7. The van der Waals surface area contributed by atoms with Gasteiger partial charge in [-0.3, -0.25) is 0 Å². The number of methoxy groups -OCH3 is 1. The summed E-state index contributed by atoms with van der Waals surface area (Å²) in [7, 11) is 1.71. The number of hydrogen-bond donors (Lipinski definition) is 2. The zero-order valence-corrected chi connectivity index (χ0v) is 12.9. The number of ether oxygens (including phenoxy) is 1. The van der Waals surface area contributed by atoms with E-state index in [9.17, 15) is 0 Å². The molecule has 2 rings (SSSR count). The average Bonchev–Trinajstić information content (AvgIpc) is 2.39. The summed E-state index contributed by atoms with van der Waals surface area (Å²) in [6, 6.07) is 7.29. The molecule has 106 valence electrons. The first-order valence-corrected chi connectivity index (χ1v) is 7.65. The second-order valence-corrected chi connectivity index (χ2v) is 6.10. The number of aliphatic hydroxyl groups excluding tert-OH is 1. The molecule has 3 nitrogen and oxygen atoms in total. The monoisotopic (exact) mass is 327 g/mol. The van der Waals surface area contributed by atoms with Crippen molar-refractivity contribution in [3.8, 4) is 0 Å². The maximum Gasteiger partial charge on any atom is 0.0616 e. The smallest absolute Gasteiger partial charge is 0.0616 e. The van der Waals surface area contributed by atoms with Crippen molar-refractivity contribution in [2.75, 3.05) is 20.3 Å². The summed E-state index contributed by atoms with van der Waals surface area (Å²) in [6.45, 7) is 0.863. The van der Waals surface area contributed by atoms with Crippen molar-refractivity contribution < 1.29 is 9.84 Å². The predicted octanol–water partition coefficient (Wildman–Crippen LogP) is 2.29. The van der Waals surface area contributed by atoms with Gasteiger partial charge >= 0.3 is 0 Å². The predicted molar refractivity (Wildman–Crippen MR) is 80.5 cm³/mol. The Kier molecular flexibility index (Phi) is 5.82. The van der Waals surface area contributed by atoms with Crippen LogP contribution in [0.15, 0.2) is 22.7 Å². The molecule has 2 unspecified atom stereocenters. The van der Waals surface area contributed by atoms with E-state index in [4.69, 9.17) is 9.84 Å². The summed E-state index contributed by atoms with van der Waals surface area (Å²) < 4.78 is 6.37. The van der Waals surface area contributed by atoms with Crippen LogP contribution in [0, 0.1) is 0 Å². The Morgan fingerprint density at radius 2 is 2.32 bits per heavy atom. The van der Waals surface area contributed by atoms with E-state index in [0.717, 1.165) is 30.2 Å². The standard InChI is InChI=1S/C15H22BrNO2/c1-19-10-15(6-7-18)17-14-5-3-11-8-13(16)4-2-12(11)9-14/h2,4,8,14-15,17-18H,3,5-7,9-10H2,1H3. The van der Waals surface area contributed by atoms with Crippen molar-refractivity contribution in [2.24, 2.45) is 0 Å². The second-order valence-electron chi connectivity index (χ2n) is 5.18. The van der Waals surface area contributed by atoms with Crippen molar-refractivity contribution in [3.63, 3.8) is 0 Å². The molecule has 0 spiro atoms. The Morgan fingerprint density at radius 1 is 1.47 bits per heavy atom. The SMILES string of the molecule is COCC(CCO)NC1CCc2cc(Br)ccc2C1. The topological polar surface area (TPSA) is 41.5 Å². The minimum absolute atomic E-state index is 0.206. The molecular weight excluding hydrogens is 306 g/mol. The molecule has 0 bridgehead atoms. The molecule has 0 saturated carbocycles. The lowest BCUT2D eigenvalue weighted by Crippen LogP contribution is -2.44. The quantitative estimate of drug-likeness (QED) is 0.842. The number of halogens is 1. The Labute approximate surface area is 123 Å². The Balaban J connectivity index is 1.95. The molecule has 4 heteroatoms. The van der Waals surface area contributed by atoms with Gasteiger partial charge in [-0.05, 0) is 48.9 Å². The summed E-state index contributed by atoms with van der Waals surface area (Å²) in [4.78, 5) is 0.